The lowest BCUT2D eigenvalue weighted by Gasteiger charge is -2.18. The third kappa shape index (κ3) is 25.8. The molecule has 0 radical (unpaired) electrons. The normalized spacial score (nSPS) is 12.4. The number of ketones is 1. The van der Waals surface area contributed by atoms with Gasteiger partial charge in [0.1, 0.15) is 12.9 Å². The molecular formula is C27H47O10P. The lowest BCUT2D eigenvalue weighted by molar-refractivity contribution is -0.161. The molecule has 0 aliphatic carbocycles. The number of aldehydes is 1. The highest BCUT2D eigenvalue weighted by Gasteiger charge is 2.23. The average Bonchev–Trinajstić information content (AvgIpc) is 2.86. The van der Waals surface area contributed by atoms with Crippen LogP contribution in [0.5, 0.6) is 0 Å². The number of rotatable bonds is 26. The quantitative estimate of drug-likeness (QED) is 0.0452. The van der Waals surface area contributed by atoms with E-state index < -0.39 is 39.1 Å². The predicted octanol–water partition coefficient (Wildman–Crippen LogP) is 5.53. The van der Waals surface area contributed by atoms with Crippen molar-refractivity contribution in [1.29, 1.82) is 0 Å². The van der Waals surface area contributed by atoms with Crippen LogP contribution >= 0.6 is 7.82 Å². The van der Waals surface area contributed by atoms with Crippen molar-refractivity contribution < 1.29 is 47.5 Å². The Balaban J connectivity index is 4.09. The molecule has 1 atom stereocenters. The number of phosphoric ester groups is 1. The number of unbranched alkanes of at least 4 members (excludes halogenated alkanes) is 12. The van der Waals surface area contributed by atoms with Gasteiger partial charge in [-0.05, 0) is 25.0 Å². The molecule has 0 aromatic heterocycles. The van der Waals surface area contributed by atoms with Gasteiger partial charge < -0.3 is 19.3 Å². The molecule has 0 saturated heterocycles. The molecule has 0 fully saturated rings. The van der Waals surface area contributed by atoms with E-state index in [2.05, 4.69) is 11.4 Å². The number of esters is 2. The SMILES string of the molecule is CCCCCCCCCCCCCCCC(=O)OC[C@H](COP(=O)(O)O)OC(=O)CCCC(=O)/C=C/C=O. The lowest BCUT2D eigenvalue weighted by atomic mass is 10.0. The van der Waals surface area contributed by atoms with Crippen LogP contribution in [0.25, 0.3) is 0 Å². The average molecular weight is 563 g/mol. The molecule has 11 heteroatoms. The molecule has 0 aromatic rings. The van der Waals surface area contributed by atoms with E-state index in [0.717, 1.165) is 31.4 Å². The van der Waals surface area contributed by atoms with Crippen molar-refractivity contribution in [2.24, 2.45) is 0 Å². The van der Waals surface area contributed by atoms with E-state index in [1.54, 1.807) is 0 Å². The van der Waals surface area contributed by atoms with E-state index >= 15 is 0 Å². The summed E-state index contributed by atoms with van der Waals surface area (Å²) in [4.78, 5) is 63.6. The molecule has 0 saturated carbocycles. The van der Waals surface area contributed by atoms with Crippen LogP contribution in [0.1, 0.15) is 116 Å². The van der Waals surface area contributed by atoms with E-state index in [0.29, 0.717) is 12.7 Å². The third-order valence-electron chi connectivity index (χ3n) is 5.81. The van der Waals surface area contributed by atoms with Gasteiger partial charge in [0.25, 0.3) is 0 Å². The van der Waals surface area contributed by atoms with Gasteiger partial charge >= 0.3 is 19.8 Å². The number of phosphoric acid groups is 1. The topological polar surface area (TPSA) is 154 Å². The molecule has 0 aromatic carbocycles. The van der Waals surface area contributed by atoms with Crippen molar-refractivity contribution in [3.63, 3.8) is 0 Å². The molecule has 10 nitrogen and oxygen atoms in total. The van der Waals surface area contributed by atoms with Crippen LogP contribution in [-0.4, -0.2) is 53.1 Å². The summed E-state index contributed by atoms with van der Waals surface area (Å²) in [7, 11) is -4.81. The molecule has 0 aliphatic rings. The summed E-state index contributed by atoms with van der Waals surface area (Å²) in [5.74, 6) is -1.55. The van der Waals surface area contributed by atoms with Gasteiger partial charge in [-0.25, -0.2) is 4.57 Å². The number of allylic oxidation sites excluding steroid dienone is 2. The van der Waals surface area contributed by atoms with Gasteiger partial charge in [-0.3, -0.25) is 23.7 Å². The number of hydrogen-bond donors (Lipinski definition) is 2. The highest BCUT2D eigenvalue weighted by atomic mass is 31.2. The molecule has 220 valence electrons. The molecule has 0 unspecified atom stereocenters. The van der Waals surface area contributed by atoms with Crippen molar-refractivity contribution >= 4 is 31.8 Å². The molecule has 2 N–H and O–H groups in total. The molecule has 0 rings (SSSR count). The van der Waals surface area contributed by atoms with Gasteiger partial charge in [-0.1, -0.05) is 84.0 Å². The van der Waals surface area contributed by atoms with Crippen LogP contribution < -0.4 is 0 Å². The molecule has 0 spiro atoms. The second-order valence-electron chi connectivity index (χ2n) is 9.39. The first-order valence-corrected chi connectivity index (χ1v) is 15.4. The largest absolute Gasteiger partial charge is 0.469 e. The second kappa shape index (κ2) is 24.2. The zero-order valence-electron chi connectivity index (χ0n) is 22.9. The molecule has 38 heavy (non-hydrogen) atoms. The maximum Gasteiger partial charge on any atom is 0.469 e. The smallest absolute Gasteiger partial charge is 0.462 e. The minimum Gasteiger partial charge on any atom is -0.462 e. The Morgan fingerprint density at radius 2 is 1.26 bits per heavy atom. The Labute approximate surface area is 227 Å². The summed E-state index contributed by atoms with van der Waals surface area (Å²) < 4.78 is 25.6. The highest BCUT2D eigenvalue weighted by Crippen LogP contribution is 2.35. The van der Waals surface area contributed by atoms with Crippen molar-refractivity contribution in [2.45, 2.75) is 122 Å². The van der Waals surface area contributed by atoms with E-state index in [-0.39, 0.29) is 31.5 Å². The Bertz CT molecular complexity index is 731. The first kappa shape index (κ1) is 36.1. The highest BCUT2D eigenvalue weighted by molar-refractivity contribution is 7.46. The van der Waals surface area contributed by atoms with E-state index in [4.69, 9.17) is 19.3 Å². The Kier molecular flexibility index (Phi) is 23.0. The van der Waals surface area contributed by atoms with Gasteiger partial charge in [0.05, 0.1) is 6.61 Å². The van der Waals surface area contributed by atoms with Crippen LogP contribution in [0.2, 0.25) is 0 Å². The monoisotopic (exact) mass is 562 g/mol. The predicted molar refractivity (Wildman–Crippen MR) is 143 cm³/mol. The summed E-state index contributed by atoms with van der Waals surface area (Å²) in [5.41, 5.74) is 0. The van der Waals surface area contributed by atoms with E-state index in [9.17, 15) is 23.7 Å². The van der Waals surface area contributed by atoms with Gasteiger partial charge in [-0.2, -0.15) is 0 Å². The van der Waals surface area contributed by atoms with Crippen LogP contribution in [0.15, 0.2) is 12.2 Å². The summed E-state index contributed by atoms with van der Waals surface area (Å²) in [6, 6.07) is 0. The fourth-order valence-corrected chi connectivity index (χ4v) is 4.08. The van der Waals surface area contributed by atoms with Gasteiger partial charge in [-0.15, -0.1) is 0 Å². The van der Waals surface area contributed by atoms with Gasteiger partial charge in [0.15, 0.2) is 11.9 Å². The minimum absolute atomic E-state index is 0.0250. The third-order valence-corrected chi connectivity index (χ3v) is 6.29. The lowest BCUT2D eigenvalue weighted by Crippen LogP contribution is -2.29. The first-order valence-electron chi connectivity index (χ1n) is 13.9. The first-order chi connectivity index (χ1) is 18.2. The number of ether oxygens (including phenoxy) is 2. The zero-order chi connectivity index (χ0) is 28.5. The van der Waals surface area contributed by atoms with Gasteiger partial charge in [0, 0.05) is 19.3 Å². The summed E-state index contributed by atoms with van der Waals surface area (Å²) in [6.45, 7) is 1.18. The molecule has 0 heterocycles. The maximum atomic E-state index is 12.0. The molecule has 0 aliphatic heterocycles. The fraction of sp³-hybridized carbons (Fsp3) is 0.778. The molecular weight excluding hydrogens is 515 g/mol. The number of carbonyl (C=O) groups excluding carboxylic acids is 4. The van der Waals surface area contributed by atoms with Crippen molar-refractivity contribution in [3.05, 3.63) is 12.2 Å². The van der Waals surface area contributed by atoms with Crippen LogP contribution in [-0.2, 0) is 37.7 Å². The Morgan fingerprint density at radius 3 is 1.79 bits per heavy atom. The van der Waals surface area contributed by atoms with Crippen LogP contribution in [0.4, 0.5) is 0 Å². The summed E-state index contributed by atoms with van der Waals surface area (Å²) in [5, 5.41) is 0. The van der Waals surface area contributed by atoms with Crippen LogP contribution in [0.3, 0.4) is 0 Å². The second-order valence-corrected chi connectivity index (χ2v) is 10.6. The van der Waals surface area contributed by atoms with E-state index in [1.165, 1.54) is 57.8 Å². The zero-order valence-corrected chi connectivity index (χ0v) is 23.7. The van der Waals surface area contributed by atoms with E-state index in [1.807, 2.05) is 0 Å². The fourth-order valence-electron chi connectivity index (χ4n) is 3.72. The number of hydrogen-bond acceptors (Lipinski definition) is 8. The number of carbonyl (C=O) groups is 4. The molecule has 0 bridgehead atoms. The van der Waals surface area contributed by atoms with Gasteiger partial charge in [0.2, 0.25) is 0 Å². The van der Waals surface area contributed by atoms with Crippen molar-refractivity contribution in [3.8, 4) is 0 Å². The summed E-state index contributed by atoms with van der Waals surface area (Å²) in [6.07, 6.45) is 17.1. The standard InChI is InChI=1S/C27H47O10P/c1-2-3-4-5-6-7-8-9-10-11-12-13-14-19-26(30)35-22-25(23-36-38(32,33)34)37-27(31)20-15-17-24(29)18-16-21-28/h16,18,21,25H,2-15,17,19-20,22-23H2,1H3,(H2,32,33,34)/b18-16+/t25-/m1/s1. The Morgan fingerprint density at radius 1 is 0.737 bits per heavy atom. The Hall–Kier alpha value is -1.87. The molecule has 0 amide bonds. The van der Waals surface area contributed by atoms with Crippen LogP contribution in [0, 0.1) is 0 Å². The maximum absolute atomic E-state index is 12.0. The minimum atomic E-state index is -4.81. The van der Waals surface area contributed by atoms with Crippen molar-refractivity contribution in [2.75, 3.05) is 13.2 Å². The summed E-state index contributed by atoms with van der Waals surface area (Å²) >= 11 is 0. The van der Waals surface area contributed by atoms with Crippen molar-refractivity contribution in [1.82, 2.24) is 0 Å².